The molecule has 26 heavy (non-hydrogen) atoms. The number of halogens is 1. The fourth-order valence-electron chi connectivity index (χ4n) is 3.24. The van der Waals surface area contributed by atoms with Gasteiger partial charge in [0, 0.05) is 24.2 Å². The average molecular weight is 369 g/mol. The lowest BCUT2D eigenvalue weighted by molar-refractivity contribution is -0.116. The zero-order valence-electron chi connectivity index (χ0n) is 15.0. The molecule has 2 aromatic carbocycles. The lowest BCUT2D eigenvalue weighted by atomic mass is 10.1. The van der Waals surface area contributed by atoms with Crippen molar-refractivity contribution in [2.75, 3.05) is 13.1 Å². The van der Waals surface area contributed by atoms with Crippen molar-refractivity contribution in [2.45, 2.75) is 32.4 Å². The van der Waals surface area contributed by atoms with Gasteiger partial charge in [0.1, 0.15) is 0 Å². The average Bonchev–Trinajstić information content (AvgIpc) is 2.67. The van der Waals surface area contributed by atoms with Crippen LogP contribution in [0.15, 0.2) is 54.6 Å². The van der Waals surface area contributed by atoms with Crippen molar-refractivity contribution in [3.63, 3.8) is 0 Å². The van der Waals surface area contributed by atoms with Gasteiger partial charge in [0.15, 0.2) is 0 Å². The van der Waals surface area contributed by atoms with Gasteiger partial charge in [-0.3, -0.25) is 9.69 Å². The Morgan fingerprint density at radius 2 is 1.81 bits per heavy atom. The van der Waals surface area contributed by atoms with Crippen molar-refractivity contribution in [3.8, 4) is 0 Å². The number of carbonyl (C=O) groups excluding carboxylic acids is 1. The third kappa shape index (κ3) is 5.72. The van der Waals surface area contributed by atoms with Gasteiger partial charge >= 0.3 is 0 Å². The number of carbonyl (C=O) groups is 1. The summed E-state index contributed by atoms with van der Waals surface area (Å²) in [6.45, 7) is 3.90. The highest BCUT2D eigenvalue weighted by molar-refractivity contribution is 6.32. The maximum atomic E-state index is 12.1. The van der Waals surface area contributed by atoms with E-state index in [-0.39, 0.29) is 5.91 Å². The van der Waals surface area contributed by atoms with Crippen LogP contribution in [0, 0.1) is 0 Å². The molecule has 0 spiro atoms. The molecule has 0 saturated carbocycles. The van der Waals surface area contributed by atoms with Gasteiger partial charge in [0.25, 0.3) is 0 Å². The van der Waals surface area contributed by atoms with Crippen LogP contribution in [0.5, 0.6) is 0 Å². The second-order valence-corrected chi connectivity index (χ2v) is 7.14. The number of likely N-dealkylation sites (tertiary alicyclic amines) is 1. The third-order valence-corrected chi connectivity index (χ3v) is 4.98. The van der Waals surface area contributed by atoms with Crippen molar-refractivity contribution in [1.29, 1.82) is 0 Å². The monoisotopic (exact) mass is 368 g/mol. The molecule has 3 rings (SSSR count). The molecule has 1 fully saturated rings. The summed E-state index contributed by atoms with van der Waals surface area (Å²) >= 11 is 6.09. The minimum absolute atomic E-state index is 0.119. The fraction of sp³-hybridized carbons (Fsp3) is 0.318. The molecular formula is C22H25ClN2O. The van der Waals surface area contributed by atoms with Crippen LogP contribution < -0.4 is 5.32 Å². The van der Waals surface area contributed by atoms with E-state index in [1.165, 1.54) is 44.0 Å². The minimum Gasteiger partial charge on any atom is -0.348 e. The minimum atomic E-state index is -0.119. The van der Waals surface area contributed by atoms with E-state index in [1.807, 2.05) is 24.3 Å². The van der Waals surface area contributed by atoms with E-state index in [2.05, 4.69) is 34.5 Å². The lowest BCUT2D eigenvalue weighted by Crippen LogP contribution is -2.29. The van der Waals surface area contributed by atoms with Crippen molar-refractivity contribution >= 4 is 23.6 Å². The van der Waals surface area contributed by atoms with Crippen molar-refractivity contribution in [3.05, 3.63) is 76.3 Å². The van der Waals surface area contributed by atoms with Crippen LogP contribution in [-0.2, 0) is 17.9 Å². The first-order chi connectivity index (χ1) is 12.7. The van der Waals surface area contributed by atoms with Crippen LogP contribution >= 0.6 is 11.6 Å². The quantitative estimate of drug-likeness (QED) is 0.752. The van der Waals surface area contributed by atoms with Crippen molar-refractivity contribution in [2.24, 2.45) is 0 Å². The Labute approximate surface area is 160 Å². The van der Waals surface area contributed by atoms with Crippen LogP contribution in [0.1, 0.15) is 36.0 Å². The van der Waals surface area contributed by atoms with Crippen molar-refractivity contribution < 1.29 is 4.79 Å². The van der Waals surface area contributed by atoms with Gasteiger partial charge in [0.05, 0.1) is 0 Å². The van der Waals surface area contributed by atoms with Crippen LogP contribution in [-0.4, -0.2) is 23.9 Å². The summed E-state index contributed by atoms with van der Waals surface area (Å²) in [4.78, 5) is 14.6. The Hall–Kier alpha value is -2.10. The molecular weight excluding hydrogens is 344 g/mol. The standard InChI is InChI=1S/C22H25ClN2O/c23-21-10-3-2-9-20(21)11-12-22(26)24-16-18-7-6-8-19(15-18)17-25-13-4-1-5-14-25/h2-3,6-12,15H,1,4-5,13-14,16-17H2,(H,24,26)/b12-11+. The van der Waals surface area contributed by atoms with E-state index in [4.69, 9.17) is 11.6 Å². The molecule has 136 valence electrons. The highest BCUT2D eigenvalue weighted by Gasteiger charge is 2.10. The summed E-state index contributed by atoms with van der Waals surface area (Å²) in [5.41, 5.74) is 3.28. The molecule has 2 aromatic rings. The number of piperidine rings is 1. The SMILES string of the molecule is O=C(/C=C/c1ccccc1Cl)NCc1cccc(CN2CCCCC2)c1. The summed E-state index contributed by atoms with van der Waals surface area (Å²) < 4.78 is 0. The molecule has 0 aromatic heterocycles. The molecule has 1 heterocycles. The Kier molecular flexibility index (Phi) is 6.87. The summed E-state index contributed by atoms with van der Waals surface area (Å²) in [6.07, 6.45) is 7.22. The molecule has 0 radical (unpaired) electrons. The number of amides is 1. The molecule has 1 aliphatic rings. The molecule has 1 N–H and O–H groups in total. The summed E-state index contributed by atoms with van der Waals surface area (Å²) in [7, 11) is 0. The van der Waals surface area contributed by atoms with Crippen LogP contribution in [0.4, 0.5) is 0 Å². The van der Waals surface area contributed by atoms with Crippen molar-refractivity contribution in [1.82, 2.24) is 10.2 Å². The predicted molar refractivity (Wildman–Crippen MR) is 108 cm³/mol. The van der Waals surface area contributed by atoms with Crippen LogP contribution in [0.3, 0.4) is 0 Å². The first-order valence-electron chi connectivity index (χ1n) is 9.21. The van der Waals surface area contributed by atoms with Gasteiger partial charge in [-0.1, -0.05) is 60.5 Å². The molecule has 3 nitrogen and oxygen atoms in total. The van der Waals surface area contributed by atoms with Crippen LogP contribution in [0.2, 0.25) is 5.02 Å². The second kappa shape index (κ2) is 9.56. The number of hydrogen-bond acceptors (Lipinski definition) is 2. The van der Waals surface area contributed by atoms with E-state index in [0.717, 1.165) is 17.7 Å². The van der Waals surface area contributed by atoms with E-state index in [0.29, 0.717) is 11.6 Å². The van der Waals surface area contributed by atoms with Gasteiger partial charge in [-0.25, -0.2) is 0 Å². The fourth-order valence-corrected chi connectivity index (χ4v) is 3.44. The van der Waals surface area contributed by atoms with Gasteiger partial charge < -0.3 is 5.32 Å². The normalized spacial score (nSPS) is 15.3. The second-order valence-electron chi connectivity index (χ2n) is 6.73. The van der Waals surface area contributed by atoms with E-state index in [9.17, 15) is 4.79 Å². The molecule has 4 heteroatoms. The van der Waals surface area contributed by atoms with Gasteiger partial charge in [-0.15, -0.1) is 0 Å². The smallest absolute Gasteiger partial charge is 0.244 e. The number of rotatable bonds is 6. The Morgan fingerprint density at radius 3 is 2.62 bits per heavy atom. The zero-order valence-corrected chi connectivity index (χ0v) is 15.7. The number of nitrogens with one attached hydrogen (secondary N) is 1. The number of benzene rings is 2. The Bertz CT molecular complexity index is 766. The first-order valence-corrected chi connectivity index (χ1v) is 9.59. The molecule has 0 bridgehead atoms. The van der Waals surface area contributed by atoms with Gasteiger partial charge in [0.2, 0.25) is 5.91 Å². The topological polar surface area (TPSA) is 32.3 Å². The zero-order chi connectivity index (χ0) is 18.2. The summed E-state index contributed by atoms with van der Waals surface area (Å²) in [6, 6.07) is 15.9. The number of nitrogens with zero attached hydrogens (tertiary/aromatic N) is 1. The van der Waals surface area contributed by atoms with Crippen LogP contribution in [0.25, 0.3) is 6.08 Å². The third-order valence-electron chi connectivity index (χ3n) is 4.63. The first kappa shape index (κ1) is 18.7. The predicted octanol–water partition coefficient (Wildman–Crippen LogP) is 4.66. The maximum Gasteiger partial charge on any atom is 0.244 e. The highest BCUT2D eigenvalue weighted by Crippen LogP contribution is 2.16. The molecule has 0 unspecified atom stereocenters. The molecule has 1 saturated heterocycles. The van der Waals surface area contributed by atoms with E-state index < -0.39 is 0 Å². The molecule has 1 aliphatic heterocycles. The molecule has 1 amide bonds. The Balaban J connectivity index is 1.51. The lowest BCUT2D eigenvalue weighted by Gasteiger charge is -2.26. The largest absolute Gasteiger partial charge is 0.348 e. The maximum absolute atomic E-state index is 12.1. The molecule has 0 aliphatic carbocycles. The van der Waals surface area contributed by atoms with Gasteiger partial charge in [-0.05, 0) is 54.8 Å². The number of hydrogen-bond donors (Lipinski definition) is 1. The van der Waals surface area contributed by atoms with E-state index >= 15 is 0 Å². The van der Waals surface area contributed by atoms with E-state index in [1.54, 1.807) is 6.08 Å². The summed E-state index contributed by atoms with van der Waals surface area (Å²) in [5, 5.41) is 3.58. The highest BCUT2D eigenvalue weighted by atomic mass is 35.5. The molecule has 0 atom stereocenters. The summed E-state index contributed by atoms with van der Waals surface area (Å²) in [5.74, 6) is -0.119. The van der Waals surface area contributed by atoms with Gasteiger partial charge in [-0.2, -0.15) is 0 Å². The Morgan fingerprint density at radius 1 is 1.04 bits per heavy atom.